The molecule has 2 aliphatic rings. The monoisotopic (exact) mass is 305 g/mol. The lowest BCUT2D eigenvalue weighted by atomic mass is 10.2. The lowest BCUT2D eigenvalue weighted by Crippen LogP contribution is -2.47. The van der Waals surface area contributed by atoms with E-state index < -0.39 is 0 Å². The van der Waals surface area contributed by atoms with Gasteiger partial charge in [0.2, 0.25) is 0 Å². The molecule has 1 aliphatic heterocycles. The fourth-order valence-electron chi connectivity index (χ4n) is 2.74. The summed E-state index contributed by atoms with van der Waals surface area (Å²) >= 11 is 0. The molecule has 0 atom stereocenters. The maximum atomic E-state index is 10.7. The maximum absolute atomic E-state index is 10.7. The van der Waals surface area contributed by atoms with E-state index in [1.165, 1.54) is 12.8 Å². The van der Waals surface area contributed by atoms with Crippen molar-refractivity contribution in [2.45, 2.75) is 12.8 Å². The summed E-state index contributed by atoms with van der Waals surface area (Å²) in [4.78, 5) is 15.0. The Kier molecular flexibility index (Phi) is 4.90. The standard InChI is InChI=1S/C16H23N3O3/c20-19(21)16-5-3-15(4-6-16)18-9-7-17(8-10-18)11-12-22-13-14-1-2-14/h3-6,14H,1-2,7-13H2. The minimum atomic E-state index is -0.358. The highest BCUT2D eigenvalue weighted by Crippen LogP contribution is 2.28. The summed E-state index contributed by atoms with van der Waals surface area (Å²) in [6.07, 6.45) is 2.68. The Labute approximate surface area is 130 Å². The molecule has 6 nitrogen and oxygen atoms in total. The van der Waals surface area contributed by atoms with E-state index in [0.717, 1.165) is 57.5 Å². The van der Waals surface area contributed by atoms with Gasteiger partial charge >= 0.3 is 0 Å². The van der Waals surface area contributed by atoms with Crippen molar-refractivity contribution in [2.24, 2.45) is 5.92 Å². The van der Waals surface area contributed by atoms with Crippen LogP contribution in [0.25, 0.3) is 0 Å². The van der Waals surface area contributed by atoms with Crippen molar-refractivity contribution in [3.05, 3.63) is 34.4 Å². The third-order valence-corrected chi connectivity index (χ3v) is 4.40. The molecule has 1 saturated carbocycles. The zero-order chi connectivity index (χ0) is 15.4. The average molecular weight is 305 g/mol. The van der Waals surface area contributed by atoms with Crippen molar-refractivity contribution < 1.29 is 9.66 Å². The van der Waals surface area contributed by atoms with Crippen molar-refractivity contribution in [2.75, 3.05) is 50.8 Å². The molecule has 0 radical (unpaired) electrons. The molecule has 1 aliphatic carbocycles. The number of nitrogens with zero attached hydrogens (tertiary/aromatic N) is 3. The van der Waals surface area contributed by atoms with Gasteiger partial charge in [-0.05, 0) is 30.9 Å². The average Bonchev–Trinajstić information content (AvgIpc) is 3.37. The Morgan fingerprint density at radius 1 is 1.14 bits per heavy atom. The fourth-order valence-corrected chi connectivity index (χ4v) is 2.74. The molecule has 2 fully saturated rings. The zero-order valence-corrected chi connectivity index (χ0v) is 12.8. The maximum Gasteiger partial charge on any atom is 0.269 e. The van der Waals surface area contributed by atoms with Crippen molar-refractivity contribution in [1.29, 1.82) is 0 Å². The number of rotatable bonds is 7. The van der Waals surface area contributed by atoms with Crippen LogP contribution in [0, 0.1) is 16.0 Å². The summed E-state index contributed by atoms with van der Waals surface area (Å²) in [5.41, 5.74) is 1.21. The van der Waals surface area contributed by atoms with Gasteiger partial charge in [-0.3, -0.25) is 15.0 Å². The SMILES string of the molecule is O=[N+]([O-])c1ccc(N2CCN(CCOCC3CC3)CC2)cc1. The van der Waals surface area contributed by atoms with Gasteiger partial charge < -0.3 is 9.64 Å². The number of anilines is 1. The number of nitro groups is 1. The van der Waals surface area contributed by atoms with Gasteiger partial charge in [-0.25, -0.2) is 0 Å². The van der Waals surface area contributed by atoms with E-state index in [1.807, 2.05) is 12.1 Å². The van der Waals surface area contributed by atoms with Crippen LogP contribution in [0.5, 0.6) is 0 Å². The van der Waals surface area contributed by atoms with Gasteiger partial charge in [0.1, 0.15) is 0 Å². The molecule has 0 amide bonds. The molecule has 6 heteroatoms. The van der Waals surface area contributed by atoms with Crippen LogP contribution >= 0.6 is 0 Å². The summed E-state index contributed by atoms with van der Waals surface area (Å²) in [6.45, 7) is 6.71. The van der Waals surface area contributed by atoms with Gasteiger partial charge in [0.05, 0.1) is 11.5 Å². The Hall–Kier alpha value is -1.66. The highest BCUT2D eigenvalue weighted by molar-refractivity contribution is 5.51. The first-order valence-electron chi connectivity index (χ1n) is 8.02. The summed E-state index contributed by atoms with van der Waals surface area (Å²) in [5, 5.41) is 10.7. The van der Waals surface area contributed by atoms with E-state index in [0.29, 0.717) is 0 Å². The lowest BCUT2D eigenvalue weighted by Gasteiger charge is -2.36. The minimum absolute atomic E-state index is 0.148. The highest BCUT2D eigenvalue weighted by Gasteiger charge is 2.21. The molecule has 3 rings (SSSR count). The second-order valence-electron chi connectivity index (χ2n) is 6.12. The molecule has 0 bridgehead atoms. The van der Waals surface area contributed by atoms with Crippen LogP contribution in [0.3, 0.4) is 0 Å². The van der Waals surface area contributed by atoms with Crippen molar-refractivity contribution in [3.8, 4) is 0 Å². The third-order valence-electron chi connectivity index (χ3n) is 4.40. The lowest BCUT2D eigenvalue weighted by molar-refractivity contribution is -0.384. The first-order chi connectivity index (χ1) is 10.7. The predicted molar refractivity (Wildman–Crippen MR) is 85.3 cm³/mol. The van der Waals surface area contributed by atoms with Crippen molar-refractivity contribution in [3.63, 3.8) is 0 Å². The number of benzene rings is 1. The van der Waals surface area contributed by atoms with Gasteiger partial charge in [0, 0.05) is 57.2 Å². The van der Waals surface area contributed by atoms with E-state index in [1.54, 1.807) is 12.1 Å². The Morgan fingerprint density at radius 2 is 1.82 bits per heavy atom. The molecule has 0 unspecified atom stereocenters. The molecular weight excluding hydrogens is 282 g/mol. The number of non-ortho nitro benzene ring substituents is 1. The second kappa shape index (κ2) is 7.07. The topological polar surface area (TPSA) is 58.9 Å². The van der Waals surface area contributed by atoms with E-state index in [9.17, 15) is 10.1 Å². The number of hydrogen-bond donors (Lipinski definition) is 0. The number of hydrogen-bond acceptors (Lipinski definition) is 5. The van der Waals surface area contributed by atoms with Gasteiger partial charge in [0.15, 0.2) is 0 Å². The van der Waals surface area contributed by atoms with Gasteiger partial charge in [-0.1, -0.05) is 0 Å². The zero-order valence-electron chi connectivity index (χ0n) is 12.8. The van der Waals surface area contributed by atoms with Gasteiger partial charge in [-0.2, -0.15) is 0 Å². The molecule has 120 valence electrons. The largest absolute Gasteiger partial charge is 0.380 e. The Morgan fingerprint density at radius 3 is 2.41 bits per heavy atom. The summed E-state index contributed by atoms with van der Waals surface area (Å²) in [7, 11) is 0. The van der Waals surface area contributed by atoms with Crippen molar-refractivity contribution in [1.82, 2.24) is 4.90 Å². The minimum Gasteiger partial charge on any atom is -0.380 e. The first-order valence-corrected chi connectivity index (χ1v) is 8.02. The van der Waals surface area contributed by atoms with Crippen LogP contribution in [-0.4, -0.2) is 55.8 Å². The van der Waals surface area contributed by atoms with Crippen LogP contribution in [-0.2, 0) is 4.74 Å². The summed E-state index contributed by atoms with van der Waals surface area (Å²) in [6, 6.07) is 6.83. The first kappa shape index (κ1) is 15.2. The summed E-state index contributed by atoms with van der Waals surface area (Å²) in [5.74, 6) is 0.832. The van der Waals surface area contributed by atoms with Crippen LogP contribution in [0.4, 0.5) is 11.4 Å². The Bertz CT molecular complexity index is 494. The highest BCUT2D eigenvalue weighted by atomic mass is 16.6. The van der Waals surface area contributed by atoms with Crippen LogP contribution in [0.2, 0.25) is 0 Å². The normalized spacial score (nSPS) is 19.4. The molecule has 1 heterocycles. The molecule has 22 heavy (non-hydrogen) atoms. The molecule has 0 aromatic heterocycles. The van der Waals surface area contributed by atoms with E-state index >= 15 is 0 Å². The van der Waals surface area contributed by atoms with E-state index in [2.05, 4.69) is 9.80 Å². The molecule has 0 N–H and O–H groups in total. The van der Waals surface area contributed by atoms with E-state index in [4.69, 9.17) is 4.74 Å². The number of ether oxygens (including phenoxy) is 1. The third kappa shape index (κ3) is 4.18. The van der Waals surface area contributed by atoms with Crippen LogP contribution in [0.1, 0.15) is 12.8 Å². The van der Waals surface area contributed by atoms with Gasteiger partial charge in [0.25, 0.3) is 5.69 Å². The van der Waals surface area contributed by atoms with Crippen LogP contribution in [0.15, 0.2) is 24.3 Å². The smallest absolute Gasteiger partial charge is 0.269 e. The van der Waals surface area contributed by atoms with Gasteiger partial charge in [-0.15, -0.1) is 0 Å². The van der Waals surface area contributed by atoms with E-state index in [-0.39, 0.29) is 10.6 Å². The molecule has 1 aromatic carbocycles. The molecule has 0 spiro atoms. The predicted octanol–water partition coefficient (Wildman–Crippen LogP) is 2.14. The second-order valence-corrected chi connectivity index (χ2v) is 6.12. The molecule has 1 aromatic rings. The quantitative estimate of drug-likeness (QED) is 0.439. The van der Waals surface area contributed by atoms with Crippen molar-refractivity contribution >= 4 is 11.4 Å². The fraction of sp³-hybridized carbons (Fsp3) is 0.625. The molecular formula is C16H23N3O3. The number of piperazine rings is 1. The number of nitro benzene ring substituents is 1. The van der Waals surface area contributed by atoms with Crippen LogP contribution < -0.4 is 4.90 Å². The molecule has 1 saturated heterocycles. The summed E-state index contributed by atoms with van der Waals surface area (Å²) < 4.78 is 5.69. The Balaban J connectivity index is 1.39.